The van der Waals surface area contributed by atoms with Crippen LogP contribution in [0.1, 0.15) is 0 Å². The van der Waals surface area contributed by atoms with Gasteiger partial charge in [-0.3, -0.25) is 9.97 Å². The van der Waals surface area contributed by atoms with Gasteiger partial charge in [0.1, 0.15) is 46.0 Å². The fourth-order valence-electron chi connectivity index (χ4n) is 17.6. The van der Waals surface area contributed by atoms with Crippen LogP contribution in [0.4, 0.5) is 0 Å². The average Bonchev–Trinajstić information content (AvgIpc) is 1.61. The minimum atomic E-state index is 0.821. The standard InChI is InChI=1S/C41H26N2O.C35H22N2O.C32H19N5S/c1-2-8-27(9-3-1)30-22-31(24-32(23-30)29-16-19-41-37(25-29)36-11-5-7-13-40(36)44-41)28-14-17-33(18-15-28)43-38-12-6-4-10-34(38)35-20-21-42-26-39(35)43;1-3-14-31-29(13-1)35-32(15-7-19-36-35)37(31)27-11-6-10-25(21-27)23-8-5-9-24(20-23)26-17-18-34-30(22-26)28-12-2-4-16-33(28)38-34;1-2-10-29-25(9-1)26-15-23(11-12-30(26)38-29)21-6-3-5-20(13-21)22-7-4-8-24(14-22)37-27-16-33-18-35-31(27)32-28(37)17-34-19-36-32/h1-26H;1-22H;1-19H. The second kappa shape index (κ2) is 29.1. The molecule has 11 nitrogen and oxygen atoms in total. The van der Waals surface area contributed by atoms with Crippen LogP contribution in [-0.4, -0.2) is 43.6 Å². The summed E-state index contributed by atoms with van der Waals surface area (Å²) >= 11 is 1.85. The lowest BCUT2D eigenvalue weighted by Gasteiger charge is -2.13. The van der Waals surface area contributed by atoms with E-state index in [1.54, 1.807) is 12.7 Å². The van der Waals surface area contributed by atoms with Gasteiger partial charge in [-0.15, -0.1) is 11.3 Å². The molecule has 0 saturated heterocycles. The summed E-state index contributed by atoms with van der Waals surface area (Å²) in [5.74, 6) is 0. The highest BCUT2D eigenvalue weighted by atomic mass is 32.1. The molecule has 0 aliphatic carbocycles. The van der Waals surface area contributed by atoms with Crippen LogP contribution in [0.3, 0.4) is 0 Å². The number of para-hydroxylation sites is 4. The second-order valence-corrected chi connectivity index (χ2v) is 31.3. The summed E-state index contributed by atoms with van der Waals surface area (Å²) in [6.45, 7) is 0. The van der Waals surface area contributed by atoms with Crippen LogP contribution in [0.15, 0.2) is 416 Å². The minimum absolute atomic E-state index is 0.821. The number of benzene rings is 15. The molecule has 0 atom stereocenters. The van der Waals surface area contributed by atoms with E-state index >= 15 is 0 Å². The number of furan rings is 2. The molecule has 562 valence electrons. The van der Waals surface area contributed by atoms with Gasteiger partial charge < -0.3 is 22.5 Å². The molecular formula is C108H67N9O2S. The molecular weight excluding hydrogens is 1490 g/mol. The molecule has 0 aliphatic heterocycles. The summed E-state index contributed by atoms with van der Waals surface area (Å²) in [5.41, 5.74) is 32.4. The highest BCUT2D eigenvalue weighted by Gasteiger charge is 2.21. The molecule has 0 unspecified atom stereocenters. The normalized spacial score (nSPS) is 11.7. The molecule has 0 radical (unpaired) electrons. The third kappa shape index (κ3) is 12.2. The Morgan fingerprint density at radius 2 is 0.600 bits per heavy atom. The van der Waals surface area contributed by atoms with E-state index in [4.69, 9.17) is 13.8 Å². The predicted octanol–water partition coefficient (Wildman–Crippen LogP) is 28.6. The summed E-state index contributed by atoms with van der Waals surface area (Å²) in [5, 5.41) is 10.8. The summed E-state index contributed by atoms with van der Waals surface area (Å²) in [6, 6.07) is 129. The molecule has 0 aliphatic rings. The van der Waals surface area contributed by atoms with Gasteiger partial charge in [-0.1, -0.05) is 212 Å². The van der Waals surface area contributed by atoms with Gasteiger partial charge in [0.25, 0.3) is 0 Å². The number of thiophene rings is 1. The zero-order valence-corrected chi connectivity index (χ0v) is 65.2. The zero-order valence-electron chi connectivity index (χ0n) is 64.4. The number of hydrogen-bond acceptors (Lipinski definition) is 9. The summed E-state index contributed by atoms with van der Waals surface area (Å²) in [6.07, 6.45) is 12.5. The van der Waals surface area contributed by atoms with Gasteiger partial charge in [0.15, 0.2) is 0 Å². The number of nitrogens with zero attached hydrogens (tertiary/aromatic N) is 9. The van der Waals surface area contributed by atoms with E-state index in [0.717, 1.165) is 127 Å². The summed E-state index contributed by atoms with van der Waals surface area (Å²) in [4.78, 5) is 26.7. The van der Waals surface area contributed by atoms with E-state index in [9.17, 15) is 0 Å². The highest BCUT2D eigenvalue weighted by Crippen LogP contribution is 2.43. The average molecular weight is 1550 g/mol. The van der Waals surface area contributed by atoms with Gasteiger partial charge in [-0.2, -0.15) is 0 Å². The van der Waals surface area contributed by atoms with Crippen molar-refractivity contribution in [2.75, 3.05) is 0 Å². The number of pyridine rings is 2. The smallest absolute Gasteiger partial charge is 0.135 e. The predicted molar refractivity (Wildman–Crippen MR) is 495 cm³/mol. The fourth-order valence-corrected chi connectivity index (χ4v) is 18.7. The Hall–Kier alpha value is -16.0. The highest BCUT2D eigenvalue weighted by molar-refractivity contribution is 7.25. The van der Waals surface area contributed by atoms with Crippen molar-refractivity contribution in [3.05, 3.63) is 408 Å². The SMILES string of the molecule is c1cc(-c2cccc(-n3c4ccccc4c4ncccc43)c2)cc(-c2ccc3oc4ccccc4c3c2)c1.c1cc(-c2cccc(-n3c4cncnc4c4ncncc43)c2)cc(-c2ccc3sc4ccccc4c3c2)c1.c1ccc(-c2cc(-c3ccc(-n4c5ccccc5c5ccncc54)cc3)cc(-c3ccc4oc5ccccc5c4c3)c2)cc1. The first-order valence-electron chi connectivity index (χ1n) is 40.0. The first-order valence-corrected chi connectivity index (χ1v) is 40.8. The lowest BCUT2D eigenvalue weighted by molar-refractivity contribution is 0.668. The molecule has 10 aromatic heterocycles. The monoisotopic (exact) mass is 1550 g/mol. The molecule has 25 aromatic rings. The second-order valence-electron chi connectivity index (χ2n) is 30.2. The first-order chi connectivity index (χ1) is 59.5. The van der Waals surface area contributed by atoms with Gasteiger partial charge in [-0.05, 0) is 230 Å². The molecule has 10 heterocycles. The van der Waals surface area contributed by atoms with E-state index in [1.165, 1.54) is 97.7 Å². The zero-order chi connectivity index (χ0) is 79.1. The van der Waals surface area contributed by atoms with Gasteiger partial charge in [0.2, 0.25) is 0 Å². The van der Waals surface area contributed by atoms with Gasteiger partial charge in [0, 0.05) is 87.3 Å². The number of rotatable bonds is 10. The molecule has 120 heavy (non-hydrogen) atoms. The molecule has 0 saturated carbocycles. The Kier molecular flexibility index (Phi) is 16.8. The van der Waals surface area contributed by atoms with Crippen LogP contribution < -0.4 is 0 Å². The number of fused-ring (bicyclic) bond motifs is 18. The Morgan fingerprint density at radius 3 is 1.22 bits per heavy atom. The Bertz CT molecular complexity index is 7870. The minimum Gasteiger partial charge on any atom is -0.456 e. The van der Waals surface area contributed by atoms with E-state index in [-0.39, 0.29) is 0 Å². The molecule has 25 rings (SSSR count). The maximum atomic E-state index is 6.12. The third-order valence-corrected chi connectivity index (χ3v) is 24.4. The van der Waals surface area contributed by atoms with Crippen molar-refractivity contribution >= 4 is 141 Å². The van der Waals surface area contributed by atoms with E-state index in [2.05, 4.69) is 372 Å². The third-order valence-electron chi connectivity index (χ3n) is 23.2. The van der Waals surface area contributed by atoms with Crippen LogP contribution in [-0.2, 0) is 0 Å². The molecule has 12 heteroatoms. The van der Waals surface area contributed by atoms with Crippen molar-refractivity contribution in [1.29, 1.82) is 0 Å². The quantitative estimate of drug-likeness (QED) is 0.133. The summed E-state index contributed by atoms with van der Waals surface area (Å²) < 4.78 is 21.5. The molecule has 0 N–H and O–H groups in total. The topological polar surface area (TPSA) is 118 Å². The van der Waals surface area contributed by atoms with Crippen LogP contribution in [0.5, 0.6) is 0 Å². The fraction of sp³-hybridized carbons (Fsp3) is 0. The maximum absolute atomic E-state index is 6.12. The Labute approximate surface area is 691 Å². The molecule has 0 amide bonds. The van der Waals surface area contributed by atoms with Crippen molar-refractivity contribution in [2.24, 2.45) is 0 Å². The molecule has 15 aromatic carbocycles. The molecule has 0 spiro atoms. The van der Waals surface area contributed by atoms with E-state index < -0.39 is 0 Å². The van der Waals surface area contributed by atoms with Crippen molar-refractivity contribution in [2.45, 2.75) is 0 Å². The van der Waals surface area contributed by atoms with Crippen molar-refractivity contribution in [1.82, 2.24) is 43.6 Å². The van der Waals surface area contributed by atoms with E-state index in [0.29, 0.717) is 0 Å². The lowest BCUT2D eigenvalue weighted by atomic mass is 9.93. The van der Waals surface area contributed by atoms with Gasteiger partial charge in [0.05, 0.1) is 57.2 Å². The van der Waals surface area contributed by atoms with Crippen LogP contribution in [0.25, 0.3) is 225 Å². The maximum Gasteiger partial charge on any atom is 0.135 e. The lowest BCUT2D eigenvalue weighted by Crippen LogP contribution is -1.95. The first kappa shape index (κ1) is 69.5. The van der Waals surface area contributed by atoms with Crippen LogP contribution >= 0.6 is 11.3 Å². The van der Waals surface area contributed by atoms with Crippen molar-refractivity contribution in [3.8, 4) is 95.0 Å². The van der Waals surface area contributed by atoms with Crippen molar-refractivity contribution in [3.63, 3.8) is 0 Å². The number of hydrogen-bond donors (Lipinski definition) is 0. The largest absolute Gasteiger partial charge is 0.456 e. The van der Waals surface area contributed by atoms with Crippen LogP contribution in [0.2, 0.25) is 0 Å². The molecule has 0 fully saturated rings. The molecule has 0 bridgehead atoms. The van der Waals surface area contributed by atoms with Crippen molar-refractivity contribution < 1.29 is 8.83 Å². The van der Waals surface area contributed by atoms with E-state index in [1.807, 2.05) is 72.7 Å². The Balaban J connectivity index is 0.000000105. The van der Waals surface area contributed by atoms with Gasteiger partial charge >= 0.3 is 0 Å². The Morgan fingerprint density at radius 1 is 0.200 bits per heavy atom. The van der Waals surface area contributed by atoms with Crippen LogP contribution in [0, 0.1) is 0 Å². The van der Waals surface area contributed by atoms with Gasteiger partial charge in [-0.25, -0.2) is 19.9 Å². The number of aromatic nitrogens is 9. The summed E-state index contributed by atoms with van der Waals surface area (Å²) in [7, 11) is 0.